The molecule has 0 aliphatic heterocycles. The number of likely N-dealkylation sites (N-methyl/N-ethyl adjacent to an activating group) is 1. The average Bonchev–Trinajstić information content (AvgIpc) is 2.57. The Bertz CT molecular complexity index is 711. The molecule has 1 N–H and O–H groups in total. The van der Waals surface area contributed by atoms with E-state index in [1.807, 2.05) is 11.9 Å². The van der Waals surface area contributed by atoms with Gasteiger partial charge in [-0.3, -0.25) is 4.79 Å². The molecule has 4 nitrogen and oxygen atoms in total. The van der Waals surface area contributed by atoms with E-state index in [0.717, 1.165) is 0 Å². The quantitative estimate of drug-likeness (QED) is 0.710. The minimum absolute atomic E-state index is 0.162. The molecule has 1 amide bonds. The number of anilines is 1. The molecule has 2 aromatic carbocycles. The molecule has 0 radical (unpaired) electrons. The summed E-state index contributed by atoms with van der Waals surface area (Å²) in [5.41, 5.74) is 0.162. The molecule has 0 saturated carbocycles. The van der Waals surface area contributed by atoms with Crippen molar-refractivity contribution in [2.24, 2.45) is 0 Å². The van der Waals surface area contributed by atoms with Crippen molar-refractivity contribution in [1.29, 1.82) is 0 Å². The number of carbonyl (C=O) groups is 1. The number of halogens is 3. The molecule has 0 atom stereocenters. The van der Waals surface area contributed by atoms with E-state index >= 15 is 0 Å². The largest absolute Gasteiger partial charge is 0.492 e. The molecule has 2 rings (SSSR count). The van der Waals surface area contributed by atoms with Gasteiger partial charge in [-0.15, -0.1) is 0 Å². The summed E-state index contributed by atoms with van der Waals surface area (Å²) < 4.78 is 32.6. The van der Waals surface area contributed by atoms with Gasteiger partial charge < -0.3 is 15.0 Å². The number of hydrogen-bond acceptors (Lipinski definition) is 3. The zero-order valence-electron chi connectivity index (χ0n) is 13.8. The van der Waals surface area contributed by atoms with E-state index in [2.05, 4.69) is 21.2 Å². The second-order valence-corrected chi connectivity index (χ2v) is 6.44. The van der Waals surface area contributed by atoms with E-state index in [1.54, 1.807) is 18.2 Å². The molecule has 134 valence electrons. The highest BCUT2D eigenvalue weighted by molar-refractivity contribution is 9.10. The van der Waals surface area contributed by atoms with Crippen molar-refractivity contribution in [3.8, 4) is 5.75 Å². The highest BCUT2D eigenvalue weighted by atomic mass is 79.9. The molecule has 0 aliphatic carbocycles. The van der Waals surface area contributed by atoms with Gasteiger partial charge in [-0.1, -0.05) is 15.9 Å². The lowest BCUT2D eigenvalue weighted by atomic mass is 10.3. The topological polar surface area (TPSA) is 41.6 Å². The van der Waals surface area contributed by atoms with Crippen molar-refractivity contribution in [1.82, 2.24) is 4.90 Å². The number of nitrogens with one attached hydrogen (secondary N) is 1. The lowest BCUT2D eigenvalue weighted by Crippen LogP contribution is -2.28. The molecular formula is C18H19BrF2N2O2. The number of nitrogens with zero attached hydrogens (tertiary/aromatic N) is 1. The van der Waals surface area contributed by atoms with Crippen molar-refractivity contribution in [2.45, 2.75) is 6.42 Å². The van der Waals surface area contributed by atoms with Crippen molar-refractivity contribution < 1.29 is 18.3 Å². The molecule has 0 saturated heterocycles. The maximum atomic E-state index is 13.7. The van der Waals surface area contributed by atoms with Crippen LogP contribution in [-0.2, 0) is 4.79 Å². The molecule has 0 aliphatic rings. The molecular weight excluding hydrogens is 394 g/mol. The van der Waals surface area contributed by atoms with Crippen LogP contribution in [0.15, 0.2) is 46.9 Å². The van der Waals surface area contributed by atoms with Crippen LogP contribution in [0.2, 0.25) is 0 Å². The predicted molar refractivity (Wildman–Crippen MR) is 96.7 cm³/mol. The summed E-state index contributed by atoms with van der Waals surface area (Å²) >= 11 is 3.17. The molecule has 2 aromatic rings. The first-order chi connectivity index (χ1) is 11.9. The van der Waals surface area contributed by atoms with Gasteiger partial charge in [-0.25, -0.2) is 8.78 Å². The highest BCUT2D eigenvalue weighted by Gasteiger charge is 2.09. The van der Waals surface area contributed by atoms with E-state index in [4.69, 9.17) is 4.74 Å². The van der Waals surface area contributed by atoms with Crippen LogP contribution in [0.5, 0.6) is 5.75 Å². The van der Waals surface area contributed by atoms with Gasteiger partial charge in [-0.2, -0.15) is 0 Å². The van der Waals surface area contributed by atoms with Crippen molar-refractivity contribution in [3.05, 3.63) is 58.6 Å². The summed E-state index contributed by atoms with van der Waals surface area (Å²) in [5, 5.41) is 2.55. The number of hydrogen-bond donors (Lipinski definition) is 1. The van der Waals surface area contributed by atoms with Crippen LogP contribution in [0.3, 0.4) is 0 Å². The van der Waals surface area contributed by atoms with Gasteiger partial charge in [0.05, 0.1) is 5.69 Å². The molecule has 25 heavy (non-hydrogen) atoms. The summed E-state index contributed by atoms with van der Waals surface area (Å²) in [6, 6.07) is 10.3. The highest BCUT2D eigenvalue weighted by Crippen LogP contribution is 2.19. The Labute approximate surface area is 153 Å². The average molecular weight is 413 g/mol. The van der Waals surface area contributed by atoms with Crippen LogP contribution in [0.4, 0.5) is 14.5 Å². The fourth-order valence-electron chi connectivity index (χ4n) is 2.06. The molecule has 0 unspecified atom stereocenters. The first kappa shape index (κ1) is 19.3. The molecule has 0 spiro atoms. The third-order valence-corrected chi connectivity index (χ3v) is 3.97. The van der Waals surface area contributed by atoms with Gasteiger partial charge in [0, 0.05) is 24.0 Å². The second kappa shape index (κ2) is 9.48. The summed E-state index contributed by atoms with van der Waals surface area (Å²) in [6.07, 6.45) is 0.239. The van der Waals surface area contributed by atoms with E-state index in [9.17, 15) is 13.6 Å². The van der Waals surface area contributed by atoms with Crippen LogP contribution in [0.1, 0.15) is 6.42 Å². The fraction of sp³-hybridized carbons (Fsp3) is 0.278. The third-order valence-electron chi connectivity index (χ3n) is 3.48. The number of ether oxygens (including phenoxy) is 1. The van der Waals surface area contributed by atoms with Crippen molar-refractivity contribution in [2.75, 3.05) is 32.1 Å². The van der Waals surface area contributed by atoms with Crippen LogP contribution in [-0.4, -0.2) is 37.6 Å². The Balaban J connectivity index is 1.67. The van der Waals surface area contributed by atoms with Crippen molar-refractivity contribution >= 4 is 27.5 Å². The standard InChI is InChI=1S/C18H19BrF2N2O2/c1-23(10-11-25-15-5-3-14(20)4-6-15)9-8-18(24)22-17-7-2-13(19)12-16(17)21/h2-7,12H,8-11H2,1H3,(H,22,24). The van der Waals surface area contributed by atoms with Gasteiger partial charge in [0.25, 0.3) is 0 Å². The monoisotopic (exact) mass is 412 g/mol. The molecule has 0 fully saturated rings. The van der Waals surface area contributed by atoms with Gasteiger partial charge in [0.1, 0.15) is 24.0 Å². The van der Waals surface area contributed by atoms with Crippen molar-refractivity contribution in [3.63, 3.8) is 0 Å². The van der Waals surface area contributed by atoms with Gasteiger partial charge in [0.15, 0.2) is 0 Å². The summed E-state index contributed by atoms with van der Waals surface area (Å²) in [6.45, 7) is 1.54. The Morgan fingerprint density at radius 3 is 2.56 bits per heavy atom. The Morgan fingerprint density at radius 2 is 1.88 bits per heavy atom. The zero-order chi connectivity index (χ0) is 18.2. The molecule has 7 heteroatoms. The van der Waals surface area contributed by atoms with E-state index < -0.39 is 5.82 Å². The lowest BCUT2D eigenvalue weighted by Gasteiger charge is -2.17. The summed E-state index contributed by atoms with van der Waals surface area (Å²) in [5.74, 6) is -0.452. The Morgan fingerprint density at radius 1 is 1.16 bits per heavy atom. The van der Waals surface area contributed by atoms with E-state index in [-0.39, 0.29) is 23.8 Å². The summed E-state index contributed by atoms with van der Waals surface area (Å²) in [4.78, 5) is 13.8. The van der Waals surface area contributed by atoms with Crippen LogP contribution < -0.4 is 10.1 Å². The molecule has 0 heterocycles. The predicted octanol–water partition coefficient (Wildman–Crippen LogP) is 4.07. The maximum Gasteiger partial charge on any atom is 0.225 e. The molecule has 0 aromatic heterocycles. The lowest BCUT2D eigenvalue weighted by molar-refractivity contribution is -0.116. The maximum absolute atomic E-state index is 13.7. The number of amides is 1. The van der Waals surface area contributed by atoms with Gasteiger partial charge in [0.2, 0.25) is 5.91 Å². The minimum atomic E-state index is -0.483. The van der Waals surface area contributed by atoms with Crippen LogP contribution in [0.25, 0.3) is 0 Å². The van der Waals surface area contributed by atoms with Crippen LogP contribution in [0, 0.1) is 11.6 Å². The first-order valence-corrected chi connectivity index (χ1v) is 8.55. The first-order valence-electron chi connectivity index (χ1n) is 7.76. The number of rotatable bonds is 8. The van der Waals surface area contributed by atoms with E-state index in [0.29, 0.717) is 29.9 Å². The van der Waals surface area contributed by atoms with E-state index in [1.165, 1.54) is 24.3 Å². The number of benzene rings is 2. The number of carbonyl (C=O) groups excluding carboxylic acids is 1. The minimum Gasteiger partial charge on any atom is -0.492 e. The zero-order valence-corrected chi connectivity index (χ0v) is 15.4. The van der Waals surface area contributed by atoms with Gasteiger partial charge in [-0.05, 0) is 49.5 Å². The molecule has 0 bridgehead atoms. The summed E-state index contributed by atoms with van der Waals surface area (Å²) in [7, 11) is 1.86. The fourth-order valence-corrected chi connectivity index (χ4v) is 2.39. The second-order valence-electron chi connectivity index (χ2n) is 5.53. The van der Waals surface area contributed by atoms with Crippen LogP contribution >= 0.6 is 15.9 Å². The Kier molecular flexibility index (Phi) is 7.33. The van der Waals surface area contributed by atoms with Gasteiger partial charge >= 0.3 is 0 Å². The Hall–Kier alpha value is -1.99. The smallest absolute Gasteiger partial charge is 0.225 e. The SMILES string of the molecule is CN(CCOc1ccc(F)cc1)CCC(=O)Nc1ccc(Br)cc1F. The third kappa shape index (κ3) is 6.80. The normalized spacial score (nSPS) is 10.8.